The second-order valence-corrected chi connectivity index (χ2v) is 8.05. The van der Waals surface area contributed by atoms with Gasteiger partial charge in [0.05, 0.1) is 51.9 Å². The molecular formula is C27H31N5O5. The standard InChI is InChI=1S/C27H31N5O5/c28-31-30-14-16-36-18-20-37-19-17-35-15-12-26(33)29-13-11-27(34)32-21-24-7-2-1-5-22(24)9-10-23-6-3-4-8-25(23)32/h1-8H,11-21H2,(H,29,33). The van der Waals surface area contributed by atoms with Crippen molar-refractivity contribution in [1.29, 1.82) is 0 Å². The van der Waals surface area contributed by atoms with Crippen LogP contribution in [0.1, 0.15) is 29.5 Å². The van der Waals surface area contributed by atoms with Gasteiger partial charge in [-0.15, -0.1) is 0 Å². The van der Waals surface area contributed by atoms with Crippen molar-refractivity contribution >= 4 is 17.5 Å². The molecule has 2 aromatic rings. The molecule has 3 rings (SSSR count). The van der Waals surface area contributed by atoms with Crippen molar-refractivity contribution < 1.29 is 23.8 Å². The van der Waals surface area contributed by atoms with Crippen molar-refractivity contribution in [3.05, 3.63) is 75.7 Å². The van der Waals surface area contributed by atoms with Crippen LogP contribution in [0, 0.1) is 11.8 Å². The summed E-state index contributed by atoms with van der Waals surface area (Å²) in [6.45, 7) is 3.16. The van der Waals surface area contributed by atoms with Crippen LogP contribution >= 0.6 is 0 Å². The molecule has 1 N–H and O–H groups in total. The summed E-state index contributed by atoms with van der Waals surface area (Å²) in [6, 6.07) is 15.4. The average Bonchev–Trinajstić information content (AvgIpc) is 2.90. The van der Waals surface area contributed by atoms with Gasteiger partial charge in [-0.3, -0.25) is 9.59 Å². The molecule has 0 bridgehead atoms. The highest BCUT2D eigenvalue weighted by Crippen LogP contribution is 2.25. The highest BCUT2D eigenvalue weighted by atomic mass is 16.5. The Morgan fingerprint density at radius 3 is 2.32 bits per heavy atom. The molecule has 2 amide bonds. The lowest BCUT2D eigenvalue weighted by atomic mass is 10.0. The third-order valence-corrected chi connectivity index (χ3v) is 5.45. The molecule has 0 atom stereocenters. The number of carbonyl (C=O) groups excluding carboxylic acids is 2. The first kappa shape index (κ1) is 27.7. The van der Waals surface area contributed by atoms with Gasteiger partial charge in [-0.2, -0.15) is 0 Å². The first-order valence-corrected chi connectivity index (χ1v) is 12.2. The fourth-order valence-electron chi connectivity index (χ4n) is 3.60. The lowest BCUT2D eigenvalue weighted by molar-refractivity contribution is -0.122. The number of benzene rings is 2. The zero-order valence-electron chi connectivity index (χ0n) is 20.7. The van der Waals surface area contributed by atoms with Crippen LogP contribution in [0.4, 0.5) is 5.69 Å². The van der Waals surface area contributed by atoms with Gasteiger partial charge in [-0.25, -0.2) is 0 Å². The Kier molecular flexibility index (Phi) is 12.0. The van der Waals surface area contributed by atoms with Gasteiger partial charge in [0.15, 0.2) is 0 Å². The lowest BCUT2D eigenvalue weighted by Crippen LogP contribution is -2.35. The Hall–Kier alpha value is -3.87. The minimum absolute atomic E-state index is 0.0820. The summed E-state index contributed by atoms with van der Waals surface area (Å²) >= 11 is 0. The quantitative estimate of drug-likeness (QED) is 0.131. The largest absolute Gasteiger partial charge is 0.379 e. The third-order valence-electron chi connectivity index (χ3n) is 5.45. The maximum atomic E-state index is 13.2. The number of hydrogen-bond donors (Lipinski definition) is 1. The fraction of sp³-hybridized carbons (Fsp3) is 0.407. The van der Waals surface area contributed by atoms with Gasteiger partial charge in [-0.05, 0) is 29.3 Å². The first-order chi connectivity index (χ1) is 18.2. The minimum Gasteiger partial charge on any atom is -0.379 e. The molecule has 1 aliphatic rings. The van der Waals surface area contributed by atoms with E-state index in [4.69, 9.17) is 19.7 Å². The van der Waals surface area contributed by atoms with E-state index >= 15 is 0 Å². The smallest absolute Gasteiger partial charge is 0.229 e. The molecule has 0 fully saturated rings. The van der Waals surface area contributed by atoms with Crippen LogP contribution in [-0.4, -0.2) is 64.5 Å². The van der Waals surface area contributed by atoms with Crippen LogP contribution in [0.25, 0.3) is 10.4 Å². The molecule has 1 aliphatic heterocycles. The topological polar surface area (TPSA) is 126 Å². The normalized spacial score (nSPS) is 11.6. The number of rotatable bonds is 15. The van der Waals surface area contributed by atoms with Crippen LogP contribution in [0.15, 0.2) is 53.6 Å². The van der Waals surface area contributed by atoms with Crippen molar-refractivity contribution in [2.24, 2.45) is 5.11 Å². The summed E-state index contributed by atoms with van der Waals surface area (Å²) in [7, 11) is 0. The first-order valence-electron chi connectivity index (χ1n) is 12.2. The van der Waals surface area contributed by atoms with Gasteiger partial charge in [0.2, 0.25) is 11.8 Å². The molecule has 0 radical (unpaired) electrons. The molecule has 10 nitrogen and oxygen atoms in total. The predicted octanol–water partition coefficient (Wildman–Crippen LogP) is 3.19. The van der Waals surface area contributed by atoms with Crippen LogP contribution in [0.5, 0.6) is 0 Å². The zero-order chi connectivity index (χ0) is 26.1. The van der Waals surface area contributed by atoms with E-state index in [2.05, 4.69) is 27.2 Å². The maximum Gasteiger partial charge on any atom is 0.229 e. The summed E-state index contributed by atoms with van der Waals surface area (Å²) in [4.78, 5) is 29.7. The number of nitrogens with one attached hydrogen (secondary N) is 1. The molecule has 2 aromatic carbocycles. The molecule has 0 spiro atoms. The number of anilines is 1. The van der Waals surface area contributed by atoms with Crippen molar-refractivity contribution in [2.75, 3.05) is 57.6 Å². The fourth-order valence-corrected chi connectivity index (χ4v) is 3.60. The van der Waals surface area contributed by atoms with E-state index in [0.29, 0.717) is 46.1 Å². The monoisotopic (exact) mass is 505 g/mol. The Morgan fingerprint density at radius 2 is 1.54 bits per heavy atom. The number of amides is 2. The van der Waals surface area contributed by atoms with Crippen molar-refractivity contribution in [3.63, 3.8) is 0 Å². The van der Waals surface area contributed by atoms with Crippen LogP contribution in [0.3, 0.4) is 0 Å². The molecular weight excluding hydrogens is 474 g/mol. The molecule has 0 saturated carbocycles. The zero-order valence-corrected chi connectivity index (χ0v) is 20.7. The Morgan fingerprint density at radius 1 is 0.892 bits per heavy atom. The number of ether oxygens (including phenoxy) is 3. The summed E-state index contributed by atoms with van der Waals surface area (Å²) in [5.74, 6) is 6.13. The Bertz CT molecular complexity index is 1150. The molecule has 0 aromatic heterocycles. The van der Waals surface area contributed by atoms with Crippen LogP contribution < -0.4 is 10.2 Å². The molecule has 0 unspecified atom stereocenters. The maximum absolute atomic E-state index is 13.2. The Labute approximate surface area is 216 Å². The predicted molar refractivity (Wildman–Crippen MR) is 139 cm³/mol. The van der Waals surface area contributed by atoms with Gasteiger partial charge in [0.1, 0.15) is 0 Å². The number of carbonyl (C=O) groups is 2. The highest BCUT2D eigenvalue weighted by molar-refractivity contribution is 5.95. The number of fused-ring (bicyclic) bond motifs is 2. The molecule has 0 saturated heterocycles. The summed E-state index contributed by atoms with van der Waals surface area (Å²) in [6.07, 6.45) is 0.377. The number of nitrogens with zero attached hydrogens (tertiary/aromatic N) is 4. The van der Waals surface area contributed by atoms with Crippen molar-refractivity contribution in [1.82, 2.24) is 5.32 Å². The summed E-state index contributed by atoms with van der Waals surface area (Å²) in [5, 5.41) is 6.15. The summed E-state index contributed by atoms with van der Waals surface area (Å²) < 4.78 is 16.0. The molecule has 37 heavy (non-hydrogen) atoms. The van der Waals surface area contributed by atoms with Crippen molar-refractivity contribution in [2.45, 2.75) is 19.4 Å². The van der Waals surface area contributed by atoms with E-state index in [-0.39, 0.29) is 37.8 Å². The summed E-state index contributed by atoms with van der Waals surface area (Å²) in [5.41, 5.74) is 11.6. The van der Waals surface area contributed by atoms with Crippen molar-refractivity contribution in [3.8, 4) is 11.8 Å². The van der Waals surface area contributed by atoms with Crippen LogP contribution in [-0.2, 0) is 30.3 Å². The lowest BCUT2D eigenvalue weighted by Gasteiger charge is -2.26. The SMILES string of the molecule is [N-]=[N+]=NCCOCCOCCOCCC(=O)NCCC(=O)N1Cc2ccccc2C#Cc2ccccc21. The second kappa shape index (κ2) is 16.0. The highest BCUT2D eigenvalue weighted by Gasteiger charge is 2.21. The van der Waals surface area contributed by atoms with E-state index in [9.17, 15) is 9.59 Å². The molecule has 0 aliphatic carbocycles. The van der Waals surface area contributed by atoms with E-state index < -0.39 is 0 Å². The minimum atomic E-state index is -0.175. The van der Waals surface area contributed by atoms with Gasteiger partial charge in [-0.1, -0.05) is 47.3 Å². The number of hydrogen-bond acceptors (Lipinski definition) is 6. The van der Waals surface area contributed by atoms with E-state index in [1.807, 2.05) is 48.5 Å². The van der Waals surface area contributed by atoms with Gasteiger partial charge < -0.3 is 24.4 Å². The van der Waals surface area contributed by atoms with Gasteiger partial charge in [0.25, 0.3) is 0 Å². The third kappa shape index (κ3) is 9.60. The number of para-hydroxylation sites is 1. The van der Waals surface area contributed by atoms with Crippen LogP contribution in [0.2, 0.25) is 0 Å². The van der Waals surface area contributed by atoms with Gasteiger partial charge >= 0.3 is 0 Å². The Balaban J connectivity index is 1.33. The van der Waals surface area contributed by atoms with E-state index in [1.165, 1.54) is 0 Å². The second-order valence-electron chi connectivity index (χ2n) is 8.05. The molecule has 10 heteroatoms. The number of azide groups is 1. The van der Waals surface area contributed by atoms with E-state index in [0.717, 1.165) is 22.4 Å². The molecule has 1 heterocycles. The van der Waals surface area contributed by atoms with Gasteiger partial charge in [0, 0.05) is 42.0 Å². The molecule has 194 valence electrons. The van der Waals surface area contributed by atoms with E-state index in [1.54, 1.807) is 4.90 Å². The average molecular weight is 506 g/mol.